The van der Waals surface area contributed by atoms with E-state index in [1.54, 1.807) is 0 Å². The first-order valence-electron chi connectivity index (χ1n) is 8.75. The number of aromatic nitrogens is 1. The van der Waals surface area contributed by atoms with Gasteiger partial charge in [0.15, 0.2) is 11.9 Å². The van der Waals surface area contributed by atoms with E-state index in [-0.39, 0.29) is 5.41 Å². The number of aryl methyl sites for hydroxylation is 1. The Bertz CT molecular complexity index is 1040. The smallest absolute Gasteiger partial charge is 0.201 e. The number of fused-ring (bicyclic) bond motifs is 2. The maximum atomic E-state index is 2.31. The van der Waals surface area contributed by atoms with E-state index in [2.05, 4.69) is 110 Å². The van der Waals surface area contributed by atoms with Gasteiger partial charge in [0.1, 0.15) is 14.1 Å². The summed E-state index contributed by atoms with van der Waals surface area (Å²) in [5, 5.41) is 1.26. The molecular weight excluding hydrogens is 304 g/mol. The van der Waals surface area contributed by atoms with Crippen LogP contribution >= 0.6 is 0 Å². The molecule has 4 rings (SSSR count). The monoisotopic (exact) mass is 328 g/mol. The first kappa shape index (κ1) is 15.8. The topological polar surface area (TPSA) is 6.89 Å². The minimum Gasteiger partial charge on any atom is -0.201 e. The average molecular weight is 328 g/mol. The molecule has 1 aliphatic heterocycles. The van der Waals surface area contributed by atoms with Crippen LogP contribution in [0.25, 0.3) is 17.0 Å². The third-order valence-electron chi connectivity index (χ3n) is 5.39. The fourth-order valence-electron chi connectivity index (χ4n) is 3.96. The highest BCUT2D eigenvalue weighted by Gasteiger charge is 2.42. The Morgan fingerprint density at radius 1 is 0.880 bits per heavy atom. The summed E-state index contributed by atoms with van der Waals surface area (Å²) < 4.78 is 4.47. The molecule has 0 saturated carbocycles. The fraction of sp³-hybridized carbons (Fsp3) is 0.217. The van der Waals surface area contributed by atoms with Crippen molar-refractivity contribution in [2.24, 2.45) is 7.05 Å². The average Bonchev–Trinajstić information content (AvgIpc) is 2.80. The second-order valence-corrected chi connectivity index (χ2v) is 7.36. The van der Waals surface area contributed by atoms with Gasteiger partial charge in [0.2, 0.25) is 11.2 Å². The van der Waals surface area contributed by atoms with Crippen LogP contribution in [0.15, 0.2) is 66.9 Å². The predicted octanol–water partition coefficient (Wildman–Crippen LogP) is 4.38. The maximum absolute atomic E-state index is 2.31. The van der Waals surface area contributed by atoms with Crippen molar-refractivity contribution in [1.82, 2.24) is 0 Å². The second-order valence-electron chi connectivity index (χ2n) is 7.36. The molecule has 0 unspecified atom stereocenters. The Morgan fingerprint density at radius 2 is 1.68 bits per heavy atom. The van der Waals surface area contributed by atoms with Gasteiger partial charge in [-0.2, -0.15) is 4.58 Å². The molecule has 2 nitrogen and oxygen atoms in total. The van der Waals surface area contributed by atoms with Crippen molar-refractivity contribution < 1.29 is 9.14 Å². The number of benzene rings is 2. The Morgan fingerprint density at radius 3 is 2.48 bits per heavy atom. The Hall–Kier alpha value is -2.74. The lowest BCUT2D eigenvalue weighted by atomic mass is 9.81. The largest absolute Gasteiger partial charge is 0.212 e. The molecule has 2 heteroatoms. The summed E-state index contributed by atoms with van der Waals surface area (Å²) in [6.07, 6.45) is 6.58. The van der Waals surface area contributed by atoms with Crippen molar-refractivity contribution in [3.63, 3.8) is 0 Å². The molecule has 0 spiro atoms. The van der Waals surface area contributed by atoms with Gasteiger partial charge in [-0.05, 0) is 43.7 Å². The number of allylic oxidation sites excluding steroid dienone is 1. The van der Waals surface area contributed by atoms with E-state index in [1.807, 2.05) is 0 Å². The number of nitrogens with zero attached hydrogens (tertiary/aromatic N) is 2. The summed E-state index contributed by atoms with van der Waals surface area (Å²) >= 11 is 0. The summed E-state index contributed by atoms with van der Waals surface area (Å²) in [7, 11) is 4.24. The van der Waals surface area contributed by atoms with Gasteiger partial charge in [0, 0.05) is 35.2 Å². The van der Waals surface area contributed by atoms with Crippen LogP contribution in [0, 0.1) is 0 Å². The van der Waals surface area contributed by atoms with Gasteiger partial charge in [-0.25, -0.2) is 4.57 Å². The normalized spacial score (nSPS) is 16.0. The van der Waals surface area contributed by atoms with E-state index in [0.717, 1.165) is 0 Å². The molecule has 3 aromatic rings. The van der Waals surface area contributed by atoms with E-state index in [0.29, 0.717) is 0 Å². The molecule has 2 aromatic carbocycles. The van der Waals surface area contributed by atoms with Crippen LogP contribution in [0.1, 0.15) is 25.0 Å². The van der Waals surface area contributed by atoms with Gasteiger partial charge in [-0.1, -0.05) is 18.2 Å². The summed E-state index contributed by atoms with van der Waals surface area (Å²) in [5.74, 6) is 0. The minimum atomic E-state index is 0.0190. The summed E-state index contributed by atoms with van der Waals surface area (Å²) in [6, 6.07) is 19.6. The molecule has 0 radical (unpaired) electrons. The van der Waals surface area contributed by atoms with Gasteiger partial charge < -0.3 is 0 Å². The zero-order valence-electron chi connectivity index (χ0n) is 15.3. The number of pyridine rings is 1. The highest BCUT2D eigenvalue weighted by Crippen LogP contribution is 2.39. The number of rotatable bonds is 2. The highest BCUT2D eigenvalue weighted by molar-refractivity contribution is 6.05. The Labute approximate surface area is 149 Å². The van der Waals surface area contributed by atoms with Gasteiger partial charge in [-0.3, -0.25) is 0 Å². The third-order valence-corrected chi connectivity index (χ3v) is 5.39. The van der Waals surface area contributed by atoms with Crippen molar-refractivity contribution >= 4 is 28.4 Å². The fourth-order valence-corrected chi connectivity index (χ4v) is 3.96. The van der Waals surface area contributed by atoms with Crippen LogP contribution in [0.4, 0.5) is 5.69 Å². The van der Waals surface area contributed by atoms with Crippen molar-refractivity contribution in [2.75, 3.05) is 7.05 Å². The summed E-state index contributed by atoms with van der Waals surface area (Å²) in [5.41, 5.74) is 6.52. The number of hydrogen-bond acceptors (Lipinski definition) is 0. The zero-order valence-corrected chi connectivity index (χ0v) is 15.3. The van der Waals surface area contributed by atoms with Gasteiger partial charge in [-0.15, -0.1) is 0 Å². The third kappa shape index (κ3) is 2.49. The Kier molecular flexibility index (Phi) is 3.57. The lowest BCUT2D eigenvalue weighted by Gasteiger charge is -2.15. The quantitative estimate of drug-likeness (QED) is 0.616. The summed E-state index contributed by atoms with van der Waals surface area (Å²) in [6.45, 7) is 4.60. The molecule has 0 saturated heterocycles. The first-order chi connectivity index (χ1) is 12.0. The standard InChI is InChI=1S/C23H24N2/c1-23(2)19-9-5-6-10-21(19)25(4)22(23)14-12-17-11-13-20-18(16-17)8-7-15-24(20)3/h5-16H,1-4H3/q+2. The van der Waals surface area contributed by atoms with Gasteiger partial charge >= 0.3 is 0 Å². The molecule has 0 fully saturated rings. The molecule has 0 aliphatic carbocycles. The minimum absolute atomic E-state index is 0.0190. The first-order valence-corrected chi connectivity index (χ1v) is 8.75. The molecule has 1 aromatic heterocycles. The van der Waals surface area contributed by atoms with Gasteiger partial charge in [0.25, 0.3) is 0 Å². The second kappa shape index (κ2) is 5.66. The van der Waals surface area contributed by atoms with E-state index in [1.165, 1.54) is 33.4 Å². The van der Waals surface area contributed by atoms with Crippen molar-refractivity contribution in [3.05, 3.63) is 78.0 Å². The predicted molar refractivity (Wildman–Crippen MR) is 104 cm³/mol. The van der Waals surface area contributed by atoms with Crippen molar-refractivity contribution in [3.8, 4) is 0 Å². The van der Waals surface area contributed by atoms with Crippen LogP contribution in [0.2, 0.25) is 0 Å². The zero-order chi connectivity index (χ0) is 17.6. The maximum Gasteiger partial charge on any atom is 0.212 e. The summed E-state index contributed by atoms with van der Waals surface area (Å²) in [4.78, 5) is 0. The lowest BCUT2D eigenvalue weighted by molar-refractivity contribution is -0.644. The van der Waals surface area contributed by atoms with Crippen LogP contribution in [0.5, 0.6) is 0 Å². The molecule has 0 amide bonds. The number of para-hydroxylation sites is 1. The Balaban J connectivity index is 1.74. The SMILES string of the molecule is C[N+]1=C(C=Cc2ccc3c(ccc[n+]3C)c2)C(C)(C)c2ccccc21. The number of hydrogen-bond donors (Lipinski definition) is 0. The van der Waals surface area contributed by atoms with Crippen LogP contribution in [0.3, 0.4) is 0 Å². The highest BCUT2D eigenvalue weighted by atomic mass is 15.0. The molecule has 25 heavy (non-hydrogen) atoms. The lowest BCUT2D eigenvalue weighted by Crippen LogP contribution is -2.27. The van der Waals surface area contributed by atoms with Crippen molar-refractivity contribution in [2.45, 2.75) is 19.3 Å². The van der Waals surface area contributed by atoms with E-state index in [4.69, 9.17) is 0 Å². The van der Waals surface area contributed by atoms with Crippen LogP contribution in [-0.2, 0) is 12.5 Å². The van der Waals surface area contributed by atoms with Crippen LogP contribution < -0.4 is 4.57 Å². The molecule has 0 N–H and O–H groups in total. The van der Waals surface area contributed by atoms with E-state index < -0.39 is 0 Å². The molecular formula is C23H24N2+2. The van der Waals surface area contributed by atoms with Gasteiger partial charge in [0.05, 0.1) is 5.41 Å². The molecule has 124 valence electrons. The van der Waals surface area contributed by atoms with Crippen LogP contribution in [-0.4, -0.2) is 17.3 Å². The molecule has 0 bridgehead atoms. The van der Waals surface area contributed by atoms with E-state index >= 15 is 0 Å². The van der Waals surface area contributed by atoms with E-state index in [9.17, 15) is 0 Å². The molecule has 0 atom stereocenters. The molecule has 2 heterocycles. The van der Waals surface area contributed by atoms with Crippen molar-refractivity contribution in [1.29, 1.82) is 0 Å². The molecule has 1 aliphatic rings.